The van der Waals surface area contributed by atoms with Crippen LogP contribution in [0.2, 0.25) is 0 Å². The molecule has 30 heavy (non-hydrogen) atoms. The second kappa shape index (κ2) is 8.74. The van der Waals surface area contributed by atoms with E-state index in [2.05, 4.69) is 72.5 Å². The van der Waals surface area contributed by atoms with Crippen LogP contribution in [0, 0.1) is 6.92 Å². The van der Waals surface area contributed by atoms with Gasteiger partial charge < -0.3 is 10.2 Å². The Morgan fingerprint density at radius 1 is 1.00 bits per heavy atom. The highest BCUT2D eigenvalue weighted by molar-refractivity contribution is 5.95. The first-order valence-electron chi connectivity index (χ1n) is 10.8. The van der Waals surface area contributed by atoms with E-state index in [4.69, 9.17) is 0 Å². The van der Waals surface area contributed by atoms with Crippen LogP contribution in [0.5, 0.6) is 0 Å². The van der Waals surface area contributed by atoms with Crippen molar-refractivity contribution in [2.75, 3.05) is 18.0 Å². The van der Waals surface area contributed by atoms with E-state index in [9.17, 15) is 4.79 Å². The Morgan fingerprint density at radius 2 is 1.63 bits per heavy atom. The maximum atomic E-state index is 12.9. The fraction of sp³-hybridized carbons (Fsp3) is 0.360. The lowest BCUT2D eigenvalue weighted by molar-refractivity contribution is 0.0949. The minimum Gasteiger partial charge on any atom is -0.372 e. The Balaban J connectivity index is 1.47. The van der Waals surface area contributed by atoms with E-state index in [0.717, 1.165) is 30.0 Å². The molecular weight excluding hydrogens is 372 g/mol. The number of anilines is 1. The van der Waals surface area contributed by atoms with Gasteiger partial charge in [-0.3, -0.25) is 4.79 Å². The predicted molar refractivity (Wildman–Crippen MR) is 121 cm³/mol. The highest BCUT2D eigenvalue weighted by Gasteiger charge is 2.21. The van der Waals surface area contributed by atoms with Gasteiger partial charge in [-0.05, 0) is 55.5 Å². The Bertz CT molecular complexity index is 997. The number of rotatable bonds is 6. The van der Waals surface area contributed by atoms with Crippen molar-refractivity contribution in [3.05, 3.63) is 77.1 Å². The standard InChI is InChI=1S/C25H30N4O/c1-18(2)24-23(17-27-29(24)22-10-6-19(3)7-11-22)25(30)26-16-20-8-12-21(13-9-20)28-14-4-5-15-28/h6-13,17-18H,4-5,14-16H2,1-3H3,(H,26,30). The SMILES string of the molecule is Cc1ccc(-n2ncc(C(=O)NCc3ccc(N4CCCC4)cc3)c2C(C)C)cc1. The van der Waals surface area contributed by atoms with Gasteiger partial charge in [-0.1, -0.05) is 43.7 Å². The molecule has 1 saturated heterocycles. The minimum atomic E-state index is -0.0827. The predicted octanol–water partition coefficient (Wildman–Crippen LogP) is 4.83. The summed E-state index contributed by atoms with van der Waals surface area (Å²) in [4.78, 5) is 15.4. The quantitative estimate of drug-likeness (QED) is 0.642. The summed E-state index contributed by atoms with van der Waals surface area (Å²) in [5, 5.41) is 7.59. The Kier molecular flexibility index (Phi) is 5.88. The molecule has 0 atom stereocenters. The molecule has 1 aromatic heterocycles. The zero-order valence-electron chi connectivity index (χ0n) is 18.1. The molecule has 0 aliphatic carbocycles. The maximum Gasteiger partial charge on any atom is 0.255 e. The van der Waals surface area contributed by atoms with E-state index in [1.807, 2.05) is 16.8 Å². The topological polar surface area (TPSA) is 50.2 Å². The van der Waals surface area contributed by atoms with Crippen molar-refractivity contribution in [3.63, 3.8) is 0 Å². The molecular formula is C25H30N4O. The number of carbonyl (C=O) groups excluding carboxylic acids is 1. The first kappa shape index (κ1) is 20.2. The second-order valence-corrected chi connectivity index (χ2v) is 8.39. The fourth-order valence-corrected chi connectivity index (χ4v) is 4.06. The number of benzene rings is 2. The number of hydrogen-bond donors (Lipinski definition) is 1. The first-order valence-corrected chi connectivity index (χ1v) is 10.8. The third-order valence-electron chi connectivity index (χ3n) is 5.74. The molecule has 156 valence electrons. The molecule has 0 radical (unpaired) electrons. The zero-order valence-corrected chi connectivity index (χ0v) is 18.1. The van der Waals surface area contributed by atoms with Crippen LogP contribution in [-0.4, -0.2) is 28.8 Å². The van der Waals surface area contributed by atoms with E-state index >= 15 is 0 Å². The summed E-state index contributed by atoms with van der Waals surface area (Å²) in [5.41, 5.74) is 6.11. The second-order valence-electron chi connectivity index (χ2n) is 8.39. The van der Waals surface area contributed by atoms with Gasteiger partial charge in [-0.25, -0.2) is 4.68 Å². The molecule has 3 aromatic rings. The normalized spacial score (nSPS) is 13.8. The lowest BCUT2D eigenvalue weighted by Crippen LogP contribution is -2.24. The lowest BCUT2D eigenvalue weighted by Gasteiger charge is -2.17. The average Bonchev–Trinajstić information content (AvgIpc) is 3.43. The summed E-state index contributed by atoms with van der Waals surface area (Å²) in [6, 6.07) is 16.7. The van der Waals surface area contributed by atoms with Crippen molar-refractivity contribution in [2.45, 2.75) is 46.1 Å². The number of amides is 1. The molecule has 2 heterocycles. The van der Waals surface area contributed by atoms with Crippen LogP contribution in [0.25, 0.3) is 5.69 Å². The maximum absolute atomic E-state index is 12.9. The van der Waals surface area contributed by atoms with Gasteiger partial charge in [0.2, 0.25) is 0 Å². The third-order valence-corrected chi connectivity index (χ3v) is 5.74. The van der Waals surface area contributed by atoms with Crippen LogP contribution in [0.1, 0.15) is 59.8 Å². The lowest BCUT2D eigenvalue weighted by atomic mass is 10.0. The van der Waals surface area contributed by atoms with E-state index in [1.54, 1.807) is 6.20 Å². The number of nitrogens with one attached hydrogen (secondary N) is 1. The highest BCUT2D eigenvalue weighted by Crippen LogP contribution is 2.24. The third kappa shape index (κ3) is 4.25. The van der Waals surface area contributed by atoms with E-state index in [0.29, 0.717) is 12.1 Å². The Hall–Kier alpha value is -3.08. The summed E-state index contributed by atoms with van der Waals surface area (Å²) in [7, 11) is 0. The van der Waals surface area contributed by atoms with Crippen molar-refractivity contribution in [1.29, 1.82) is 0 Å². The highest BCUT2D eigenvalue weighted by atomic mass is 16.1. The van der Waals surface area contributed by atoms with Crippen molar-refractivity contribution in [2.24, 2.45) is 0 Å². The summed E-state index contributed by atoms with van der Waals surface area (Å²) >= 11 is 0. The number of nitrogens with zero attached hydrogens (tertiary/aromatic N) is 3. The van der Waals surface area contributed by atoms with Gasteiger partial charge in [0.25, 0.3) is 5.91 Å². The van der Waals surface area contributed by atoms with E-state index in [-0.39, 0.29) is 11.8 Å². The van der Waals surface area contributed by atoms with E-state index < -0.39 is 0 Å². The average molecular weight is 403 g/mol. The summed E-state index contributed by atoms with van der Waals surface area (Å²) in [6.07, 6.45) is 4.22. The summed E-state index contributed by atoms with van der Waals surface area (Å²) < 4.78 is 1.88. The van der Waals surface area contributed by atoms with Gasteiger partial charge in [-0.15, -0.1) is 0 Å². The van der Waals surface area contributed by atoms with Gasteiger partial charge in [-0.2, -0.15) is 5.10 Å². The molecule has 1 N–H and O–H groups in total. The van der Waals surface area contributed by atoms with Gasteiger partial charge in [0.1, 0.15) is 0 Å². The molecule has 1 fully saturated rings. The first-order chi connectivity index (χ1) is 14.5. The number of aromatic nitrogens is 2. The van der Waals surface area contributed by atoms with Crippen LogP contribution in [0.4, 0.5) is 5.69 Å². The largest absolute Gasteiger partial charge is 0.372 e. The smallest absolute Gasteiger partial charge is 0.255 e. The summed E-state index contributed by atoms with van der Waals surface area (Å²) in [5.74, 6) is 0.0926. The molecule has 0 spiro atoms. The molecule has 0 bridgehead atoms. The Morgan fingerprint density at radius 3 is 2.27 bits per heavy atom. The molecule has 0 unspecified atom stereocenters. The van der Waals surface area contributed by atoms with Crippen LogP contribution >= 0.6 is 0 Å². The number of carbonyl (C=O) groups is 1. The molecule has 5 heteroatoms. The molecule has 1 amide bonds. The van der Waals surface area contributed by atoms with Crippen LogP contribution < -0.4 is 10.2 Å². The van der Waals surface area contributed by atoms with Crippen LogP contribution in [0.3, 0.4) is 0 Å². The number of hydrogen-bond acceptors (Lipinski definition) is 3. The minimum absolute atomic E-state index is 0.0827. The van der Waals surface area contributed by atoms with Gasteiger partial charge in [0.05, 0.1) is 23.1 Å². The molecule has 1 aliphatic heterocycles. The van der Waals surface area contributed by atoms with Crippen molar-refractivity contribution in [1.82, 2.24) is 15.1 Å². The Labute approximate surface area is 178 Å². The molecule has 2 aromatic carbocycles. The fourth-order valence-electron chi connectivity index (χ4n) is 4.06. The molecule has 4 rings (SSSR count). The van der Waals surface area contributed by atoms with Crippen molar-refractivity contribution >= 4 is 11.6 Å². The molecule has 5 nitrogen and oxygen atoms in total. The molecule has 1 aliphatic rings. The van der Waals surface area contributed by atoms with Crippen molar-refractivity contribution in [3.8, 4) is 5.69 Å². The summed E-state index contributed by atoms with van der Waals surface area (Å²) in [6.45, 7) is 9.03. The van der Waals surface area contributed by atoms with Gasteiger partial charge in [0, 0.05) is 25.3 Å². The van der Waals surface area contributed by atoms with Crippen LogP contribution in [0.15, 0.2) is 54.7 Å². The number of aryl methyl sites for hydroxylation is 1. The van der Waals surface area contributed by atoms with Crippen molar-refractivity contribution < 1.29 is 4.79 Å². The van der Waals surface area contributed by atoms with E-state index in [1.165, 1.54) is 24.1 Å². The van der Waals surface area contributed by atoms with Gasteiger partial charge in [0.15, 0.2) is 0 Å². The molecule has 0 saturated carbocycles. The monoisotopic (exact) mass is 402 g/mol. The van der Waals surface area contributed by atoms with Crippen LogP contribution in [-0.2, 0) is 6.54 Å². The zero-order chi connectivity index (χ0) is 21.1. The van der Waals surface area contributed by atoms with Gasteiger partial charge >= 0.3 is 0 Å².